The first-order valence-corrected chi connectivity index (χ1v) is 11.9. The van der Waals surface area contributed by atoms with Crippen LogP contribution in [0.15, 0.2) is 12.2 Å². The van der Waals surface area contributed by atoms with Crippen LogP contribution < -0.4 is 10.6 Å². The highest BCUT2D eigenvalue weighted by atomic mass is 32.1. The van der Waals surface area contributed by atoms with E-state index in [1.54, 1.807) is 0 Å². The normalized spacial score (nSPS) is 27.5. The summed E-state index contributed by atoms with van der Waals surface area (Å²) in [5.41, 5.74) is 0. The Bertz CT molecular complexity index is 724. The van der Waals surface area contributed by atoms with Crippen LogP contribution in [0.25, 0.3) is 0 Å². The monoisotopic (exact) mass is 477 g/mol. The molecule has 174 valence electrons. The molecule has 0 radical (unpaired) electrons. The first-order chi connectivity index (χ1) is 14.7. The summed E-state index contributed by atoms with van der Waals surface area (Å²) in [5, 5.41) is 6.42. The van der Waals surface area contributed by atoms with Crippen molar-refractivity contribution in [1.82, 2.24) is 15.5 Å². The van der Waals surface area contributed by atoms with Crippen molar-refractivity contribution in [3.05, 3.63) is 12.2 Å². The number of thiocarbonyl (C=S) groups is 1. The number of carbonyl (C=O) groups excluding carboxylic acids is 2. The number of nitrogens with zero attached hydrogens (tertiary/aromatic N) is 1. The van der Waals surface area contributed by atoms with E-state index < -0.39 is 20.0 Å². The van der Waals surface area contributed by atoms with Gasteiger partial charge in [-0.25, -0.2) is 4.57 Å². The summed E-state index contributed by atoms with van der Waals surface area (Å²) in [6.07, 6.45) is 2.73. The van der Waals surface area contributed by atoms with E-state index in [-0.39, 0.29) is 36.9 Å². The van der Waals surface area contributed by atoms with Gasteiger partial charge in [0.15, 0.2) is 5.11 Å². The highest BCUT2D eigenvalue weighted by Crippen LogP contribution is 2.48. The number of amides is 2. The molecular weight excluding hydrogens is 448 g/mol. The molecular formula is C17H29BN3O8PS. The predicted molar refractivity (Wildman–Crippen MR) is 118 cm³/mol. The number of phosphoric ester groups is 1. The van der Waals surface area contributed by atoms with E-state index in [4.69, 9.17) is 26.2 Å². The Morgan fingerprint density at radius 3 is 2.55 bits per heavy atom. The second-order valence-electron chi connectivity index (χ2n) is 7.21. The average molecular weight is 477 g/mol. The van der Waals surface area contributed by atoms with Gasteiger partial charge in [-0.2, -0.15) is 0 Å². The van der Waals surface area contributed by atoms with Crippen LogP contribution in [0.4, 0.5) is 0 Å². The first kappa shape index (κ1) is 25.9. The van der Waals surface area contributed by atoms with E-state index in [1.165, 1.54) is 19.3 Å². The topological polar surface area (TPSA) is 136 Å². The van der Waals surface area contributed by atoms with Crippen LogP contribution in [0.2, 0.25) is 0 Å². The Balaban J connectivity index is 1.73. The Morgan fingerprint density at radius 2 is 1.94 bits per heavy atom. The average Bonchev–Trinajstić information content (AvgIpc) is 3.18. The quantitative estimate of drug-likeness (QED) is 0.104. The van der Waals surface area contributed by atoms with Crippen molar-refractivity contribution >= 4 is 44.8 Å². The summed E-state index contributed by atoms with van der Waals surface area (Å²) in [6.45, 7) is 1.36. The highest BCUT2D eigenvalue weighted by molar-refractivity contribution is 7.80. The largest absolute Gasteiger partial charge is 0.472 e. The summed E-state index contributed by atoms with van der Waals surface area (Å²) in [6, 6.07) is -0.184. The molecule has 0 aromatic rings. The van der Waals surface area contributed by atoms with Crippen molar-refractivity contribution in [2.75, 3.05) is 40.5 Å². The number of methoxy groups -OCH3 is 1. The van der Waals surface area contributed by atoms with Gasteiger partial charge in [0.05, 0.1) is 6.61 Å². The molecule has 2 amide bonds. The molecule has 2 heterocycles. The molecule has 31 heavy (non-hydrogen) atoms. The van der Waals surface area contributed by atoms with Crippen LogP contribution in [0.1, 0.15) is 12.8 Å². The highest BCUT2D eigenvalue weighted by Gasteiger charge is 2.45. The van der Waals surface area contributed by atoms with Gasteiger partial charge in [-0.05, 0) is 25.1 Å². The van der Waals surface area contributed by atoms with Crippen molar-refractivity contribution in [3.63, 3.8) is 0 Å². The van der Waals surface area contributed by atoms with Gasteiger partial charge in [-0.15, -0.1) is 0 Å². The van der Waals surface area contributed by atoms with Crippen LogP contribution in [0, 0.1) is 5.92 Å². The minimum absolute atomic E-state index is 0.126. The molecule has 1 fully saturated rings. The van der Waals surface area contributed by atoms with Gasteiger partial charge >= 0.3 is 7.82 Å². The molecule has 14 heteroatoms. The van der Waals surface area contributed by atoms with Crippen molar-refractivity contribution in [1.29, 1.82) is 0 Å². The lowest BCUT2D eigenvalue weighted by Crippen LogP contribution is -2.42. The summed E-state index contributed by atoms with van der Waals surface area (Å²) in [4.78, 5) is 33.9. The number of nitrogens with one attached hydrogen (secondary N) is 2. The lowest BCUT2D eigenvalue weighted by Gasteiger charge is -2.25. The van der Waals surface area contributed by atoms with Gasteiger partial charge in [0.2, 0.25) is 0 Å². The number of rotatable bonds is 12. The number of imide groups is 1. The molecule has 2 unspecified atom stereocenters. The van der Waals surface area contributed by atoms with Crippen molar-refractivity contribution < 1.29 is 37.6 Å². The zero-order valence-electron chi connectivity index (χ0n) is 17.8. The smallest absolute Gasteiger partial charge is 0.382 e. The zero-order valence-corrected chi connectivity index (χ0v) is 19.5. The molecule has 0 saturated carbocycles. The van der Waals surface area contributed by atoms with E-state index >= 15 is 0 Å². The molecule has 0 spiro atoms. The Morgan fingerprint density at radius 1 is 1.29 bits per heavy atom. The van der Waals surface area contributed by atoms with Crippen LogP contribution in [-0.4, -0.2) is 93.2 Å². The molecule has 3 N–H and O–H groups in total. The Kier molecular flexibility index (Phi) is 10.1. The maximum atomic E-state index is 11.9. The zero-order chi connectivity index (χ0) is 23.0. The molecule has 2 rings (SSSR count). The third-order valence-electron chi connectivity index (χ3n) is 5.12. The molecule has 2 aliphatic heterocycles. The van der Waals surface area contributed by atoms with Crippen LogP contribution in [-0.2, 0) is 32.7 Å². The maximum Gasteiger partial charge on any atom is 0.472 e. The molecule has 0 aromatic carbocycles. The molecule has 0 aliphatic carbocycles. The van der Waals surface area contributed by atoms with E-state index in [2.05, 4.69) is 15.2 Å². The van der Waals surface area contributed by atoms with Crippen molar-refractivity contribution in [3.8, 4) is 0 Å². The number of ether oxygens (including phenoxy) is 2. The summed E-state index contributed by atoms with van der Waals surface area (Å²) >= 11 is 5.21. The van der Waals surface area contributed by atoms with Gasteiger partial charge in [0.25, 0.3) is 11.8 Å². The number of phosphoric acid groups is 1. The van der Waals surface area contributed by atoms with Crippen molar-refractivity contribution in [2.24, 2.45) is 5.92 Å². The molecule has 11 nitrogen and oxygen atoms in total. The Labute approximate surface area is 187 Å². The second kappa shape index (κ2) is 12.1. The van der Waals surface area contributed by atoms with E-state index in [0.717, 1.165) is 12.0 Å². The van der Waals surface area contributed by atoms with Crippen molar-refractivity contribution in [2.45, 2.75) is 31.1 Å². The maximum absolute atomic E-state index is 11.9. The lowest BCUT2D eigenvalue weighted by molar-refractivity contribution is -0.136. The van der Waals surface area contributed by atoms with Gasteiger partial charge < -0.3 is 25.0 Å². The van der Waals surface area contributed by atoms with Crippen LogP contribution in [0.5, 0.6) is 0 Å². The fraction of sp³-hybridized carbons (Fsp3) is 0.706. The van der Waals surface area contributed by atoms with Crippen LogP contribution in [0.3, 0.4) is 0 Å². The predicted octanol–water partition coefficient (Wildman–Crippen LogP) is -1.09. The summed E-state index contributed by atoms with van der Waals surface area (Å²) in [7, 11) is 0.359. The molecule has 0 aromatic heterocycles. The lowest BCUT2D eigenvalue weighted by atomic mass is 9.82. The minimum Gasteiger partial charge on any atom is -0.382 e. The van der Waals surface area contributed by atoms with Crippen LogP contribution >= 0.6 is 20.0 Å². The summed E-state index contributed by atoms with van der Waals surface area (Å²) in [5.74, 6) is -0.787. The molecule has 5 atom stereocenters. The minimum atomic E-state index is -4.17. The summed E-state index contributed by atoms with van der Waals surface area (Å²) < 4.78 is 32.8. The Hall–Kier alpha value is -1.34. The first-order valence-electron chi connectivity index (χ1n) is 9.95. The SMILES string of the molecule is B[C@@H]1O[C@H](COC)C(OP(=O)(O)OC)[C@@H]1CCCNC(=S)NCCN1C(=O)C=CC1=O. The fourth-order valence-electron chi connectivity index (χ4n) is 3.57. The van der Waals surface area contributed by atoms with E-state index in [0.29, 0.717) is 31.0 Å². The van der Waals surface area contributed by atoms with E-state index in [9.17, 15) is 19.0 Å². The van der Waals surface area contributed by atoms with Gasteiger partial charge in [0, 0.05) is 57.9 Å². The third kappa shape index (κ3) is 7.64. The molecule has 1 saturated heterocycles. The molecule has 0 bridgehead atoms. The number of hydrogen-bond acceptors (Lipinski definition) is 8. The fourth-order valence-corrected chi connectivity index (χ4v) is 4.46. The van der Waals surface area contributed by atoms with E-state index in [1.807, 2.05) is 7.85 Å². The number of carbonyl (C=O) groups is 2. The number of hydrogen-bond donors (Lipinski definition) is 3. The molecule has 2 aliphatic rings. The second-order valence-corrected chi connectivity index (χ2v) is 9.13. The van der Waals surface area contributed by atoms with Gasteiger partial charge in [-0.3, -0.25) is 23.5 Å². The third-order valence-corrected chi connectivity index (χ3v) is 6.38. The standard InChI is InChI=1S/C17H29BN3O8PS/c1-26-10-12-15(29-30(24,25)27-2)11(16(18)28-12)4-3-7-19-17(31)20-8-9-21-13(22)5-6-14(21)23/h5-6,11-12,15-16H,3-4,7-10,18H2,1-2H3,(H,24,25)(H2,19,20,31)/t11-,12+,15?,16+/m0/s1. The van der Waals surface area contributed by atoms with Gasteiger partial charge in [-0.1, -0.05) is 0 Å². The van der Waals surface area contributed by atoms with Gasteiger partial charge in [0.1, 0.15) is 20.1 Å².